The highest BCUT2D eigenvalue weighted by atomic mass is 35.5. The average molecular weight is 418 g/mol. The van der Waals surface area contributed by atoms with Crippen LogP contribution in [0.25, 0.3) is 0 Å². The van der Waals surface area contributed by atoms with Crippen LogP contribution >= 0.6 is 23.4 Å². The van der Waals surface area contributed by atoms with E-state index in [4.69, 9.17) is 11.6 Å². The van der Waals surface area contributed by atoms with Crippen molar-refractivity contribution in [1.82, 2.24) is 14.8 Å². The van der Waals surface area contributed by atoms with E-state index in [9.17, 15) is 14.9 Å². The number of benzene rings is 2. The minimum absolute atomic E-state index is 0.0782. The molecule has 0 saturated carbocycles. The highest BCUT2D eigenvalue weighted by Gasteiger charge is 2.13. The first-order valence-electron chi connectivity index (χ1n) is 8.22. The van der Waals surface area contributed by atoms with E-state index in [0.717, 1.165) is 11.4 Å². The fourth-order valence-corrected chi connectivity index (χ4v) is 3.29. The molecular weight excluding hydrogens is 402 g/mol. The summed E-state index contributed by atoms with van der Waals surface area (Å²) in [5, 5.41) is 23.0. The molecule has 0 atom stereocenters. The van der Waals surface area contributed by atoms with Crippen LogP contribution in [-0.4, -0.2) is 31.3 Å². The number of rotatable bonds is 7. The van der Waals surface area contributed by atoms with Crippen molar-refractivity contribution in [2.24, 2.45) is 7.05 Å². The van der Waals surface area contributed by atoms with Crippen molar-refractivity contribution in [3.05, 3.63) is 75.1 Å². The zero-order valence-corrected chi connectivity index (χ0v) is 16.4. The van der Waals surface area contributed by atoms with E-state index in [1.807, 2.05) is 35.9 Å². The molecule has 1 amide bonds. The molecule has 144 valence electrons. The number of nitro groups is 1. The SMILES string of the molecule is Cn1c(Cc2ccc(Cl)cc2)nnc1SCC(=O)Nc1cccc([N+](=O)[O-])c1. The number of amides is 1. The van der Waals surface area contributed by atoms with E-state index in [1.165, 1.54) is 30.0 Å². The van der Waals surface area contributed by atoms with E-state index >= 15 is 0 Å². The van der Waals surface area contributed by atoms with Crippen molar-refractivity contribution in [1.29, 1.82) is 0 Å². The van der Waals surface area contributed by atoms with Gasteiger partial charge < -0.3 is 9.88 Å². The molecule has 3 rings (SSSR count). The number of nitrogens with one attached hydrogen (secondary N) is 1. The first kappa shape index (κ1) is 19.8. The van der Waals surface area contributed by atoms with Gasteiger partial charge in [0, 0.05) is 36.3 Å². The molecule has 0 fully saturated rings. The Bertz CT molecular complexity index is 1010. The lowest BCUT2D eigenvalue weighted by Gasteiger charge is -2.06. The predicted molar refractivity (Wildman–Crippen MR) is 108 cm³/mol. The van der Waals surface area contributed by atoms with E-state index in [-0.39, 0.29) is 17.3 Å². The summed E-state index contributed by atoms with van der Waals surface area (Å²) in [7, 11) is 1.84. The second-order valence-corrected chi connectivity index (χ2v) is 7.28. The molecule has 0 aliphatic rings. The Hall–Kier alpha value is -2.91. The van der Waals surface area contributed by atoms with Crippen molar-refractivity contribution in [2.75, 3.05) is 11.1 Å². The van der Waals surface area contributed by atoms with Crippen molar-refractivity contribution in [2.45, 2.75) is 11.6 Å². The third-order valence-electron chi connectivity index (χ3n) is 3.87. The summed E-state index contributed by atoms with van der Waals surface area (Å²) in [6.07, 6.45) is 0.598. The zero-order valence-electron chi connectivity index (χ0n) is 14.8. The van der Waals surface area contributed by atoms with Crippen molar-refractivity contribution in [3.63, 3.8) is 0 Å². The number of halogens is 1. The van der Waals surface area contributed by atoms with E-state index < -0.39 is 4.92 Å². The van der Waals surface area contributed by atoms with Crippen LogP contribution in [0.4, 0.5) is 11.4 Å². The number of hydrogen-bond donors (Lipinski definition) is 1. The van der Waals surface area contributed by atoms with Gasteiger partial charge in [-0.25, -0.2) is 0 Å². The molecule has 0 unspecified atom stereocenters. The van der Waals surface area contributed by atoms with Crippen LogP contribution in [0.3, 0.4) is 0 Å². The Morgan fingerprint density at radius 2 is 2.00 bits per heavy atom. The van der Waals surface area contributed by atoms with Gasteiger partial charge in [0.1, 0.15) is 5.82 Å². The maximum absolute atomic E-state index is 12.1. The fraction of sp³-hybridized carbons (Fsp3) is 0.167. The van der Waals surface area contributed by atoms with Gasteiger partial charge >= 0.3 is 0 Å². The number of nitrogens with zero attached hydrogens (tertiary/aromatic N) is 4. The molecule has 2 aromatic carbocycles. The molecule has 1 heterocycles. The molecule has 0 aliphatic heterocycles. The Balaban J connectivity index is 1.58. The van der Waals surface area contributed by atoms with Crippen LogP contribution in [0.5, 0.6) is 0 Å². The summed E-state index contributed by atoms with van der Waals surface area (Å²) in [6.45, 7) is 0. The van der Waals surface area contributed by atoms with Gasteiger partial charge in [-0.15, -0.1) is 10.2 Å². The Labute approximate surface area is 170 Å². The molecule has 28 heavy (non-hydrogen) atoms. The molecule has 3 aromatic rings. The molecule has 10 heteroatoms. The minimum Gasteiger partial charge on any atom is -0.325 e. The van der Waals surface area contributed by atoms with Crippen molar-refractivity contribution >= 4 is 40.6 Å². The largest absolute Gasteiger partial charge is 0.325 e. The van der Waals surface area contributed by atoms with Crippen LogP contribution in [-0.2, 0) is 18.3 Å². The van der Waals surface area contributed by atoms with Crippen LogP contribution in [0.2, 0.25) is 5.02 Å². The maximum atomic E-state index is 12.1. The van der Waals surface area contributed by atoms with Crippen LogP contribution in [0, 0.1) is 10.1 Å². The Morgan fingerprint density at radius 3 is 2.71 bits per heavy atom. The number of thioether (sulfide) groups is 1. The highest BCUT2D eigenvalue weighted by molar-refractivity contribution is 7.99. The molecule has 0 radical (unpaired) electrons. The quantitative estimate of drug-likeness (QED) is 0.357. The minimum atomic E-state index is -0.508. The molecule has 0 saturated heterocycles. The second kappa shape index (κ2) is 8.85. The summed E-state index contributed by atoms with van der Waals surface area (Å²) < 4.78 is 1.83. The predicted octanol–water partition coefficient (Wildman–Crippen LogP) is 3.70. The lowest BCUT2D eigenvalue weighted by molar-refractivity contribution is -0.384. The number of non-ortho nitro benzene ring substituents is 1. The van der Waals surface area contributed by atoms with Crippen LogP contribution in [0.1, 0.15) is 11.4 Å². The standard InChI is InChI=1S/C18H16ClN5O3S/c1-23-16(9-12-5-7-13(19)8-6-12)21-22-18(23)28-11-17(25)20-14-3-2-4-15(10-14)24(26)27/h2-8,10H,9,11H2,1H3,(H,20,25). The molecule has 0 aliphatic carbocycles. The number of nitro benzene ring substituents is 1. The van der Waals surface area contributed by atoms with Crippen molar-refractivity contribution in [3.8, 4) is 0 Å². The topological polar surface area (TPSA) is 103 Å². The van der Waals surface area contributed by atoms with Gasteiger partial charge in [-0.2, -0.15) is 0 Å². The van der Waals surface area contributed by atoms with Crippen LogP contribution < -0.4 is 5.32 Å². The van der Waals surface area contributed by atoms with Gasteiger partial charge in [-0.1, -0.05) is 41.6 Å². The van der Waals surface area contributed by atoms with Gasteiger partial charge in [-0.05, 0) is 23.8 Å². The number of carbonyl (C=O) groups excluding carboxylic acids is 1. The summed E-state index contributed by atoms with van der Waals surface area (Å²) in [6, 6.07) is 13.3. The molecule has 0 bridgehead atoms. The van der Waals surface area contributed by atoms with Crippen molar-refractivity contribution < 1.29 is 9.72 Å². The number of anilines is 1. The van der Waals surface area contributed by atoms with E-state index in [2.05, 4.69) is 15.5 Å². The van der Waals surface area contributed by atoms with Gasteiger partial charge in [-0.3, -0.25) is 14.9 Å². The van der Waals surface area contributed by atoms with Gasteiger partial charge in [0.15, 0.2) is 5.16 Å². The van der Waals surface area contributed by atoms with Gasteiger partial charge in [0.25, 0.3) is 5.69 Å². The second-order valence-electron chi connectivity index (χ2n) is 5.91. The van der Waals surface area contributed by atoms with E-state index in [1.54, 1.807) is 6.07 Å². The lowest BCUT2D eigenvalue weighted by Crippen LogP contribution is -2.14. The fourth-order valence-electron chi connectivity index (χ4n) is 2.43. The highest BCUT2D eigenvalue weighted by Crippen LogP contribution is 2.20. The monoisotopic (exact) mass is 417 g/mol. The third-order valence-corrected chi connectivity index (χ3v) is 5.15. The number of aromatic nitrogens is 3. The number of hydrogen-bond acceptors (Lipinski definition) is 6. The molecule has 0 spiro atoms. The summed E-state index contributed by atoms with van der Waals surface area (Å²) in [4.78, 5) is 22.4. The van der Waals surface area contributed by atoms with E-state index in [0.29, 0.717) is 22.3 Å². The summed E-state index contributed by atoms with van der Waals surface area (Å²) in [5.74, 6) is 0.590. The summed E-state index contributed by atoms with van der Waals surface area (Å²) >= 11 is 7.14. The van der Waals surface area contributed by atoms with Gasteiger partial charge in [0.05, 0.1) is 10.7 Å². The first-order valence-corrected chi connectivity index (χ1v) is 9.58. The smallest absolute Gasteiger partial charge is 0.271 e. The zero-order chi connectivity index (χ0) is 20.1. The van der Waals surface area contributed by atoms with Crippen LogP contribution in [0.15, 0.2) is 53.7 Å². The first-order chi connectivity index (χ1) is 13.4. The molecule has 1 aromatic heterocycles. The average Bonchev–Trinajstić information content (AvgIpc) is 3.02. The normalized spacial score (nSPS) is 10.6. The third kappa shape index (κ3) is 5.08. The summed E-state index contributed by atoms with van der Waals surface area (Å²) in [5.41, 5.74) is 1.35. The van der Waals surface area contributed by atoms with Gasteiger partial charge in [0.2, 0.25) is 5.91 Å². The number of carbonyl (C=O) groups is 1. The Morgan fingerprint density at radius 1 is 1.25 bits per heavy atom. The Kier molecular flexibility index (Phi) is 6.27. The lowest BCUT2D eigenvalue weighted by atomic mass is 10.1. The maximum Gasteiger partial charge on any atom is 0.271 e. The molecule has 1 N–H and O–H groups in total. The molecular formula is C18H16ClN5O3S. The molecule has 8 nitrogen and oxygen atoms in total.